The SMILES string of the molecule is CNCc1cn(-c2cccc(Br)c2)nc1C. The van der Waals surface area contributed by atoms with Crippen LogP contribution in [0.2, 0.25) is 0 Å². The molecule has 0 aliphatic carbocycles. The highest BCUT2D eigenvalue weighted by Gasteiger charge is 2.05. The normalized spacial score (nSPS) is 10.7. The van der Waals surface area contributed by atoms with Gasteiger partial charge in [-0.05, 0) is 32.2 Å². The van der Waals surface area contributed by atoms with E-state index in [2.05, 4.69) is 38.6 Å². The molecule has 0 spiro atoms. The predicted molar refractivity (Wildman–Crippen MR) is 68.8 cm³/mol. The third-order valence-electron chi connectivity index (χ3n) is 2.44. The Morgan fingerprint density at radius 1 is 1.44 bits per heavy atom. The Hall–Kier alpha value is -1.13. The van der Waals surface area contributed by atoms with Crippen molar-refractivity contribution in [2.24, 2.45) is 0 Å². The molecule has 0 saturated heterocycles. The summed E-state index contributed by atoms with van der Waals surface area (Å²) in [6.07, 6.45) is 2.06. The molecule has 0 saturated carbocycles. The van der Waals surface area contributed by atoms with Crippen molar-refractivity contribution in [1.82, 2.24) is 15.1 Å². The average molecular weight is 280 g/mol. The van der Waals surface area contributed by atoms with E-state index in [4.69, 9.17) is 0 Å². The lowest BCUT2D eigenvalue weighted by Gasteiger charge is -2.00. The minimum Gasteiger partial charge on any atom is -0.316 e. The van der Waals surface area contributed by atoms with E-state index < -0.39 is 0 Å². The molecule has 0 atom stereocenters. The number of rotatable bonds is 3. The Kier molecular flexibility index (Phi) is 3.41. The maximum Gasteiger partial charge on any atom is 0.0657 e. The number of hydrogen-bond acceptors (Lipinski definition) is 2. The fourth-order valence-electron chi connectivity index (χ4n) is 1.61. The summed E-state index contributed by atoms with van der Waals surface area (Å²) in [6.45, 7) is 2.88. The van der Waals surface area contributed by atoms with Crippen LogP contribution in [0.3, 0.4) is 0 Å². The van der Waals surface area contributed by atoms with Gasteiger partial charge in [0.2, 0.25) is 0 Å². The summed E-state index contributed by atoms with van der Waals surface area (Å²) in [6, 6.07) is 8.11. The minimum atomic E-state index is 0.847. The van der Waals surface area contributed by atoms with E-state index in [1.807, 2.05) is 36.9 Å². The van der Waals surface area contributed by atoms with Crippen LogP contribution in [0, 0.1) is 6.92 Å². The number of nitrogens with zero attached hydrogens (tertiary/aromatic N) is 2. The lowest BCUT2D eigenvalue weighted by atomic mass is 10.2. The van der Waals surface area contributed by atoms with Crippen LogP contribution in [0.5, 0.6) is 0 Å². The van der Waals surface area contributed by atoms with Crippen molar-refractivity contribution < 1.29 is 0 Å². The molecule has 3 nitrogen and oxygen atoms in total. The molecule has 0 fully saturated rings. The monoisotopic (exact) mass is 279 g/mol. The molecule has 1 N–H and O–H groups in total. The number of aromatic nitrogens is 2. The Morgan fingerprint density at radius 2 is 2.25 bits per heavy atom. The Bertz CT molecular complexity index is 491. The first-order valence-corrected chi connectivity index (χ1v) is 5.95. The van der Waals surface area contributed by atoms with Crippen molar-refractivity contribution in [3.63, 3.8) is 0 Å². The van der Waals surface area contributed by atoms with E-state index >= 15 is 0 Å². The highest BCUT2D eigenvalue weighted by Crippen LogP contribution is 2.16. The van der Waals surface area contributed by atoms with Gasteiger partial charge in [-0.3, -0.25) is 0 Å². The van der Waals surface area contributed by atoms with E-state index in [0.29, 0.717) is 0 Å². The van der Waals surface area contributed by atoms with Crippen LogP contribution < -0.4 is 5.32 Å². The third kappa shape index (κ3) is 2.33. The number of halogens is 1. The Labute approximate surface area is 104 Å². The summed E-state index contributed by atoms with van der Waals surface area (Å²) < 4.78 is 2.97. The minimum absolute atomic E-state index is 0.847. The largest absolute Gasteiger partial charge is 0.316 e. The summed E-state index contributed by atoms with van der Waals surface area (Å²) in [5.41, 5.74) is 3.36. The van der Waals surface area contributed by atoms with Crippen molar-refractivity contribution in [2.45, 2.75) is 13.5 Å². The predicted octanol–water partition coefficient (Wildman–Crippen LogP) is 2.66. The number of aryl methyl sites for hydroxylation is 1. The van der Waals surface area contributed by atoms with Gasteiger partial charge in [-0.2, -0.15) is 5.10 Å². The Balaban J connectivity index is 2.37. The molecule has 0 radical (unpaired) electrons. The second-order valence-electron chi connectivity index (χ2n) is 3.69. The number of nitrogens with one attached hydrogen (secondary N) is 1. The van der Waals surface area contributed by atoms with Gasteiger partial charge in [-0.1, -0.05) is 22.0 Å². The van der Waals surface area contributed by atoms with Gasteiger partial charge < -0.3 is 5.32 Å². The standard InChI is InChI=1S/C12H14BrN3/c1-9-10(7-14-2)8-16(15-9)12-5-3-4-11(13)6-12/h3-6,8,14H,7H2,1-2H3. The average Bonchev–Trinajstić information content (AvgIpc) is 2.61. The summed E-state index contributed by atoms with van der Waals surface area (Å²) >= 11 is 3.46. The first-order chi connectivity index (χ1) is 7.70. The third-order valence-corrected chi connectivity index (χ3v) is 2.93. The van der Waals surface area contributed by atoms with Crippen LogP contribution in [0.4, 0.5) is 0 Å². The van der Waals surface area contributed by atoms with E-state index in [-0.39, 0.29) is 0 Å². The molecule has 0 amide bonds. The van der Waals surface area contributed by atoms with Crippen molar-refractivity contribution in [2.75, 3.05) is 7.05 Å². The quantitative estimate of drug-likeness (QED) is 0.936. The van der Waals surface area contributed by atoms with Gasteiger partial charge in [0, 0.05) is 22.8 Å². The second kappa shape index (κ2) is 4.80. The summed E-state index contributed by atoms with van der Waals surface area (Å²) in [5, 5.41) is 7.63. The van der Waals surface area contributed by atoms with Crippen LogP contribution >= 0.6 is 15.9 Å². The maximum absolute atomic E-state index is 4.50. The van der Waals surface area contributed by atoms with Crippen molar-refractivity contribution in [1.29, 1.82) is 0 Å². The van der Waals surface area contributed by atoms with Crippen LogP contribution in [-0.4, -0.2) is 16.8 Å². The Morgan fingerprint density at radius 3 is 2.94 bits per heavy atom. The van der Waals surface area contributed by atoms with E-state index in [9.17, 15) is 0 Å². The molecule has 1 heterocycles. The molecule has 0 bridgehead atoms. The fourth-order valence-corrected chi connectivity index (χ4v) is 2.00. The molecule has 1 aromatic carbocycles. The van der Waals surface area contributed by atoms with Gasteiger partial charge in [0.25, 0.3) is 0 Å². The van der Waals surface area contributed by atoms with Crippen molar-refractivity contribution in [3.8, 4) is 5.69 Å². The molecule has 4 heteroatoms. The molecule has 0 aliphatic rings. The zero-order valence-corrected chi connectivity index (χ0v) is 11.0. The van der Waals surface area contributed by atoms with Gasteiger partial charge in [0.05, 0.1) is 11.4 Å². The highest BCUT2D eigenvalue weighted by atomic mass is 79.9. The molecule has 16 heavy (non-hydrogen) atoms. The van der Waals surface area contributed by atoms with Crippen LogP contribution in [-0.2, 0) is 6.54 Å². The molecule has 0 aliphatic heterocycles. The second-order valence-corrected chi connectivity index (χ2v) is 4.61. The number of benzene rings is 1. The fraction of sp³-hybridized carbons (Fsp3) is 0.250. The van der Waals surface area contributed by atoms with Crippen LogP contribution in [0.1, 0.15) is 11.3 Å². The maximum atomic E-state index is 4.50. The molecular weight excluding hydrogens is 266 g/mol. The van der Waals surface area contributed by atoms with E-state index in [0.717, 1.165) is 22.4 Å². The summed E-state index contributed by atoms with van der Waals surface area (Å²) in [5.74, 6) is 0. The lowest BCUT2D eigenvalue weighted by Crippen LogP contribution is -2.05. The zero-order chi connectivity index (χ0) is 11.5. The van der Waals surface area contributed by atoms with Crippen LogP contribution in [0.25, 0.3) is 5.69 Å². The van der Waals surface area contributed by atoms with E-state index in [1.54, 1.807) is 0 Å². The topological polar surface area (TPSA) is 29.9 Å². The van der Waals surface area contributed by atoms with Gasteiger partial charge in [-0.15, -0.1) is 0 Å². The first kappa shape index (κ1) is 11.4. The molecule has 84 valence electrons. The van der Waals surface area contributed by atoms with Gasteiger partial charge in [0.15, 0.2) is 0 Å². The lowest BCUT2D eigenvalue weighted by molar-refractivity contribution is 0.812. The van der Waals surface area contributed by atoms with Gasteiger partial charge in [0.1, 0.15) is 0 Å². The van der Waals surface area contributed by atoms with E-state index in [1.165, 1.54) is 5.56 Å². The molecule has 0 unspecified atom stereocenters. The molecule has 1 aromatic heterocycles. The van der Waals surface area contributed by atoms with Gasteiger partial charge in [-0.25, -0.2) is 4.68 Å². The van der Waals surface area contributed by atoms with Crippen molar-refractivity contribution in [3.05, 3.63) is 46.2 Å². The summed E-state index contributed by atoms with van der Waals surface area (Å²) in [4.78, 5) is 0. The number of hydrogen-bond donors (Lipinski definition) is 1. The first-order valence-electron chi connectivity index (χ1n) is 5.16. The molecule has 2 rings (SSSR count). The summed E-state index contributed by atoms with van der Waals surface area (Å²) in [7, 11) is 1.94. The highest BCUT2D eigenvalue weighted by molar-refractivity contribution is 9.10. The zero-order valence-electron chi connectivity index (χ0n) is 9.37. The van der Waals surface area contributed by atoms with Gasteiger partial charge >= 0.3 is 0 Å². The molecule has 2 aromatic rings. The smallest absolute Gasteiger partial charge is 0.0657 e. The van der Waals surface area contributed by atoms with Crippen molar-refractivity contribution >= 4 is 15.9 Å². The molecular formula is C12H14BrN3. The van der Waals surface area contributed by atoms with Crippen LogP contribution in [0.15, 0.2) is 34.9 Å².